The molecule has 0 aliphatic carbocycles. The summed E-state index contributed by atoms with van der Waals surface area (Å²) in [6.45, 7) is 5.06. The van der Waals surface area contributed by atoms with Gasteiger partial charge in [-0.1, -0.05) is 55.0 Å². The van der Waals surface area contributed by atoms with Gasteiger partial charge >= 0.3 is 0 Å². The Kier molecular flexibility index (Phi) is 5.40. The normalized spacial score (nSPS) is 13.7. The van der Waals surface area contributed by atoms with Gasteiger partial charge in [0, 0.05) is 25.3 Å². The number of rotatable bonds is 6. The van der Waals surface area contributed by atoms with Gasteiger partial charge in [-0.05, 0) is 37.0 Å². The maximum atomic E-state index is 6.03. The fraction of sp³-hybridized carbons (Fsp3) is 0.368. The molecule has 2 aromatic carbocycles. The third kappa shape index (κ3) is 4.08. The van der Waals surface area contributed by atoms with Crippen molar-refractivity contribution in [2.75, 3.05) is 18.5 Å². The molecule has 21 heavy (non-hydrogen) atoms. The number of anilines is 1. The van der Waals surface area contributed by atoms with Gasteiger partial charge in [-0.3, -0.25) is 0 Å². The van der Waals surface area contributed by atoms with E-state index in [-0.39, 0.29) is 0 Å². The molecule has 2 rings (SSSR count). The van der Waals surface area contributed by atoms with Crippen LogP contribution >= 0.6 is 0 Å². The lowest BCUT2D eigenvalue weighted by molar-refractivity contribution is 0.535. The first kappa shape index (κ1) is 15.6. The van der Waals surface area contributed by atoms with Gasteiger partial charge in [0.25, 0.3) is 0 Å². The molecule has 2 heteroatoms. The van der Waals surface area contributed by atoms with Crippen LogP contribution in [0.15, 0.2) is 54.6 Å². The number of hydrogen-bond donors (Lipinski definition) is 1. The molecule has 2 N–H and O–H groups in total. The highest BCUT2D eigenvalue weighted by atomic mass is 15.1. The van der Waals surface area contributed by atoms with Gasteiger partial charge < -0.3 is 10.6 Å². The lowest BCUT2D eigenvalue weighted by Gasteiger charge is -2.31. The first-order valence-corrected chi connectivity index (χ1v) is 7.66. The largest absolute Gasteiger partial charge is 0.370 e. The van der Waals surface area contributed by atoms with Crippen molar-refractivity contribution < 1.29 is 0 Å². The molecule has 0 amide bonds. The van der Waals surface area contributed by atoms with Crippen LogP contribution in [-0.4, -0.2) is 19.6 Å². The molecule has 2 atom stereocenters. The van der Waals surface area contributed by atoms with E-state index in [0.717, 1.165) is 6.42 Å². The lowest BCUT2D eigenvalue weighted by atomic mass is 9.93. The summed E-state index contributed by atoms with van der Waals surface area (Å²) in [6, 6.07) is 19.7. The molecule has 0 saturated heterocycles. The number of benzene rings is 2. The van der Waals surface area contributed by atoms with Crippen molar-refractivity contribution in [1.29, 1.82) is 0 Å². The summed E-state index contributed by atoms with van der Waals surface area (Å²) in [4.78, 5) is 2.30. The highest BCUT2D eigenvalue weighted by Crippen LogP contribution is 2.24. The predicted octanol–water partition coefficient (Wildman–Crippen LogP) is 3.95. The summed E-state index contributed by atoms with van der Waals surface area (Å²) in [5, 5.41) is 0. The maximum Gasteiger partial charge on any atom is 0.0414 e. The molecule has 2 nitrogen and oxygen atoms in total. The fourth-order valence-electron chi connectivity index (χ4n) is 2.73. The van der Waals surface area contributed by atoms with E-state index in [1.807, 2.05) is 0 Å². The van der Waals surface area contributed by atoms with E-state index in [2.05, 4.69) is 80.4 Å². The zero-order valence-corrected chi connectivity index (χ0v) is 13.3. The molecule has 2 unspecified atom stereocenters. The van der Waals surface area contributed by atoms with Gasteiger partial charge in [0.1, 0.15) is 0 Å². The lowest BCUT2D eigenvalue weighted by Crippen LogP contribution is -2.38. The van der Waals surface area contributed by atoms with Crippen LogP contribution in [0.3, 0.4) is 0 Å². The second-order valence-electron chi connectivity index (χ2n) is 5.88. The Labute approximate surface area is 128 Å². The molecule has 0 bridgehead atoms. The molecule has 0 radical (unpaired) electrons. The summed E-state index contributed by atoms with van der Waals surface area (Å²) in [5.74, 6) is 0.507. The van der Waals surface area contributed by atoms with Crippen LogP contribution in [0.25, 0.3) is 0 Å². The minimum Gasteiger partial charge on any atom is -0.370 e. The Morgan fingerprint density at radius 2 is 1.62 bits per heavy atom. The number of hydrogen-bond acceptors (Lipinski definition) is 2. The highest BCUT2D eigenvalue weighted by molar-refractivity contribution is 5.47. The summed E-state index contributed by atoms with van der Waals surface area (Å²) in [7, 11) is 2.14. The number of likely N-dealkylation sites (N-methyl/N-ethyl adjacent to an activating group) is 1. The van der Waals surface area contributed by atoms with Crippen molar-refractivity contribution in [3.05, 3.63) is 65.7 Å². The zero-order chi connectivity index (χ0) is 15.2. The molecule has 0 saturated carbocycles. The van der Waals surface area contributed by atoms with E-state index in [1.165, 1.54) is 16.8 Å². The first-order valence-electron chi connectivity index (χ1n) is 7.66. The molecule has 0 spiro atoms. The second kappa shape index (κ2) is 7.28. The van der Waals surface area contributed by atoms with Crippen molar-refractivity contribution in [1.82, 2.24) is 0 Å². The smallest absolute Gasteiger partial charge is 0.0414 e. The predicted molar refractivity (Wildman–Crippen MR) is 91.9 cm³/mol. The Balaban J connectivity index is 2.07. The van der Waals surface area contributed by atoms with Crippen LogP contribution in [0.1, 0.15) is 30.4 Å². The topological polar surface area (TPSA) is 29.3 Å². The quantitative estimate of drug-likeness (QED) is 0.869. The van der Waals surface area contributed by atoms with Crippen LogP contribution in [0, 0.1) is 6.92 Å². The van der Waals surface area contributed by atoms with Gasteiger partial charge in [0.2, 0.25) is 0 Å². The SMILES string of the molecule is Cc1ccc(N(C)C(CN)CC(C)c2ccccc2)cc1. The van der Waals surface area contributed by atoms with Crippen molar-refractivity contribution in [3.63, 3.8) is 0 Å². The number of nitrogens with zero attached hydrogens (tertiary/aromatic N) is 1. The molecule has 0 aliphatic rings. The van der Waals surface area contributed by atoms with Gasteiger partial charge in [0.15, 0.2) is 0 Å². The van der Waals surface area contributed by atoms with Crippen LogP contribution in [0.2, 0.25) is 0 Å². The Morgan fingerprint density at radius 1 is 1.00 bits per heavy atom. The van der Waals surface area contributed by atoms with Gasteiger partial charge in [-0.15, -0.1) is 0 Å². The first-order chi connectivity index (χ1) is 10.1. The van der Waals surface area contributed by atoms with E-state index in [1.54, 1.807) is 0 Å². The van der Waals surface area contributed by atoms with Crippen molar-refractivity contribution in [2.24, 2.45) is 5.73 Å². The monoisotopic (exact) mass is 282 g/mol. The summed E-state index contributed by atoms with van der Waals surface area (Å²) < 4.78 is 0. The standard InChI is InChI=1S/C19H26N2/c1-15-9-11-18(12-10-15)21(3)19(14-20)13-16(2)17-7-5-4-6-8-17/h4-12,16,19H,13-14,20H2,1-3H3. The summed E-state index contributed by atoms with van der Waals surface area (Å²) in [6.07, 6.45) is 1.06. The minimum absolute atomic E-state index is 0.350. The van der Waals surface area contributed by atoms with Crippen LogP contribution in [-0.2, 0) is 0 Å². The average molecular weight is 282 g/mol. The summed E-state index contributed by atoms with van der Waals surface area (Å²) in [5.41, 5.74) is 9.93. The van der Waals surface area contributed by atoms with Crippen molar-refractivity contribution >= 4 is 5.69 Å². The maximum absolute atomic E-state index is 6.03. The third-order valence-electron chi connectivity index (χ3n) is 4.26. The van der Waals surface area contributed by atoms with Crippen molar-refractivity contribution in [3.8, 4) is 0 Å². The molecular weight excluding hydrogens is 256 g/mol. The third-order valence-corrected chi connectivity index (χ3v) is 4.26. The van der Waals surface area contributed by atoms with Gasteiger partial charge in [-0.2, -0.15) is 0 Å². The molecular formula is C19H26N2. The van der Waals surface area contributed by atoms with Crippen LogP contribution in [0.5, 0.6) is 0 Å². The highest BCUT2D eigenvalue weighted by Gasteiger charge is 2.18. The average Bonchev–Trinajstić information content (AvgIpc) is 2.53. The van der Waals surface area contributed by atoms with E-state index >= 15 is 0 Å². The fourth-order valence-corrected chi connectivity index (χ4v) is 2.73. The molecule has 2 aromatic rings. The summed E-state index contributed by atoms with van der Waals surface area (Å²) >= 11 is 0. The van der Waals surface area contributed by atoms with E-state index in [4.69, 9.17) is 5.73 Å². The Hall–Kier alpha value is -1.80. The Bertz CT molecular complexity index is 533. The van der Waals surface area contributed by atoms with Crippen LogP contribution in [0.4, 0.5) is 5.69 Å². The Morgan fingerprint density at radius 3 is 2.19 bits per heavy atom. The van der Waals surface area contributed by atoms with E-state index < -0.39 is 0 Å². The molecule has 0 aromatic heterocycles. The molecule has 0 aliphatic heterocycles. The second-order valence-corrected chi connectivity index (χ2v) is 5.88. The van der Waals surface area contributed by atoms with Crippen LogP contribution < -0.4 is 10.6 Å². The molecule has 0 heterocycles. The van der Waals surface area contributed by atoms with E-state index in [0.29, 0.717) is 18.5 Å². The minimum atomic E-state index is 0.350. The number of aryl methyl sites for hydroxylation is 1. The van der Waals surface area contributed by atoms with Gasteiger partial charge in [-0.25, -0.2) is 0 Å². The van der Waals surface area contributed by atoms with Crippen molar-refractivity contribution in [2.45, 2.75) is 32.2 Å². The number of nitrogens with two attached hydrogens (primary N) is 1. The molecule has 112 valence electrons. The van der Waals surface area contributed by atoms with E-state index in [9.17, 15) is 0 Å². The molecule has 0 fully saturated rings. The van der Waals surface area contributed by atoms with Gasteiger partial charge in [0.05, 0.1) is 0 Å². The zero-order valence-electron chi connectivity index (χ0n) is 13.3.